The van der Waals surface area contributed by atoms with Gasteiger partial charge in [0.15, 0.2) is 0 Å². The molecule has 0 bridgehead atoms. The van der Waals surface area contributed by atoms with Crippen LogP contribution in [0, 0.1) is 0 Å². The molecule has 0 radical (unpaired) electrons. The van der Waals surface area contributed by atoms with Crippen molar-refractivity contribution in [3.8, 4) is 0 Å². The monoisotopic (exact) mass is 515 g/mol. The molecule has 0 unspecified atom stereocenters. The third-order valence-electron chi connectivity index (χ3n) is 7.93. The van der Waals surface area contributed by atoms with Crippen LogP contribution in [0.25, 0.3) is 0 Å². The molecule has 0 atom stereocenters. The number of nitrogens with zero attached hydrogens (tertiary/aromatic N) is 2. The van der Waals surface area contributed by atoms with Crippen molar-refractivity contribution >= 4 is 28.0 Å². The van der Waals surface area contributed by atoms with Crippen molar-refractivity contribution in [1.29, 1.82) is 0 Å². The molecule has 0 aromatic heterocycles. The quantitative estimate of drug-likeness (QED) is 0.176. The van der Waals surface area contributed by atoms with Gasteiger partial charge in [0.25, 0.3) is 0 Å². The molecule has 202 valence electrons. The SMILES string of the molecule is CCCCCCCCN1C=CN(C)C1.c1ccc([B-](c2ccccc2)(c2ccccc2)c2ccccc2)cc1. The fraction of sp³-hybridized carbons (Fsp3) is 0.278. The van der Waals surface area contributed by atoms with E-state index in [1.165, 1.54) is 66.9 Å². The molecule has 4 aromatic rings. The first kappa shape index (κ1) is 28.3. The number of unbranched alkanes of at least 4 members (excludes halogenated alkanes) is 5. The van der Waals surface area contributed by atoms with E-state index in [0.29, 0.717) is 0 Å². The number of hydrogen-bond donors (Lipinski definition) is 0. The van der Waals surface area contributed by atoms with Gasteiger partial charge in [-0.05, 0) is 6.42 Å². The Kier molecular flexibility index (Phi) is 10.9. The molecule has 1 heterocycles. The standard InChI is InChI=1S/C24H20B.C12H24N2/c1-5-13-21(14-6-1)25(22-15-7-2-8-16-22,23-17-9-3-10-18-23)24-19-11-4-12-20-24;1-3-4-5-6-7-8-9-14-11-10-13(2)12-14/h1-20H;10-11H,3-9,12H2,1-2H3/q-1;. The van der Waals surface area contributed by atoms with Gasteiger partial charge in [-0.1, -0.05) is 160 Å². The molecule has 3 heteroatoms. The predicted molar refractivity (Wildman–Crippen MR) is 172 cm³/mol. The average molecular weight is 516 g/mol. The Morgan fingerprint density at radius 3 is 1.26 bits per heavy atom. The van der Waals surface area contributed by atoms with Crippen LogP contribution in [0.1, 0.15) is 45.4 Å². The second kappa shape index (κ2) is 15.0. The van der Waals surface area contributed by atoms with E-state index >= 15 is 0 Å². The summed E-state index contributed by atoms with van der Waals surface area (Å²) in [6, 6.07) is 43.5. The van der Waals surface area contributed by atoms with E-state index in [-0.39, 0.29) is 0 Å². The minimum absolute atomic E-state index is 1.08. The van der Waals surface area contributed by atoms with Gasteiger partial charge in [0, 0.05) is 26.0 Å². The summed E-state index contributed by atoms with van der Waals surface area (Å²) in [4.78, 5) is 4.61. The zero-order valence-corrected chi connectivity index (χ0v) is 23.8. The molecule has 5 rings (SSSR count). The second-order valence-corrected chi connectivity index (χ2v) is 10.8. The summed E-state index contributed by atoms with van der Waals surface area (Å²) in [6.07, 6.45) is 11.5. The third kappa shape index (κ3) is 7.44. The molecule has 1 aliphatic heterocycles. The van der Waals surface area contributed by atoms with E-state index in [2.05, 4.69) is 157 Å². The number of rotatable bonds is 11. The second-order valence-electron chi connectivity index (χ2n) is 10.8. The fourth-order valence-electron chi connectivity index (χ4n) is 5.95. The van der Waals surface area contributed by atoms with Crippen molar-refractivity contribution in [3.05, 3.63) is 134 Å². The van der Waals surface area contributed by atoms with Gasteiger partial charge < -0.3 is 9.80 Å². The first-order chi connectivity index (χ1) is 19.2. The molecule has 0 N–H and O–H groups in total. The van der Waals surface area contributed by atoms with E-state index in [4.69, 9.17) is 0 Å². The van der Waals surface area contributed by atoms with Crippen LogP contribution in [0.15, 0.2) is 134 Å². The summed E-state index contributed by atoms with van der Waals surface area (Å²) < 4.78 is 0. The first-order valence-electron chi connectivity index (χ1n) is 14.8. The Morgan fingerprint density at radius 1 is 0.513 bits per heavy atom. The van der Waals surface area contributed by atoms with Gasteiger partial charge in [0.2, 0.25) is 0 Å². The van der Waals surface area contributed by atoms with Crippen LogP contribution in [0.2, 0.25) is 0 Å². The lowest BCUT2D eigenvalue weighted by Crippen LogP contribution is -2.74. The summed E-state index contributed by atoms with van der Waals surface area (Å²) in [5.41, 5.74) is 5.36. The molecule has 0 fully saturated rings. The first-order valence-corrected chi connectivity index (χ1v) is 14.8. The highest BCUT2D eigenvalue weighted by molar-refractivity contribution is 7.19. The molecular formula is C36H44BN2-. The smallest absolute Gasteiger partial charge is 0.108 e. The highest BCUT2D eigenvalue weighted by Crippen LogP contribution is 2.10. The predicted octanol–water partition coefficient (Wildman–Crippen LogP) is 6.09. The van der Waals surface area contributed by atoms with Crippen molar-refractivity contribution in [2.24, 2.45) is 0 Å². The van der Waals surface area contributed by atoms with Crippen LogP contribution in [0.4, 0.5) is 0 Å². The molecule has 2 nitrogen and oxygen atoms in total. The van der Waals surface area contributed by atoms with Crippen molar-refractivity contribution in [2.45, 2.75) is 45.4 Å². The van der Waals surface area contributed by atoms with Crippen LogP contribution in [-0.2, 0) is 0 Å². The number of benzene rings is 4. The van der Waals surface area contributed by atoms with E-state index in [1.807, 2.05) is 0 Å². The van der Waals surface area contributed by atoms with Gasteiger partial charge in [-0.15, -0.1) is 0 Å². The summed E-state index contributed by atoms with van der Waals surface area (Å²) >= 11 is 0. The molecule has 0 spiro atoms. The van der Waals surface area contributed by atoms with E-state index < -0.39 is 6.15 Å². The van der Waals surface area contributed by atoms with Crippen LogP contribution in [-0.4, -0.2) is 36.2 Å². The lowest BCUT2D eigenvalue weighted by atomic mass is 9.13. The van der Waals surface area contributed by atoms with Crippen molar-refractivity contribution < 1.29 is 0 Å². The lowest BCUT2D eigenvalue weighted by molar-refractivity contribution is 0.290. The summed E-state index contributed by atoms with van der Waals surface area (Å²) in [6.45, 7) is 4.58. The van der Waals surface area contributed by atoms with Crippen LogP contribution < -0.4 is 21.9 Å². The molecule has 1 aliphatic rings. The summed E-state index contributed by atoms with van der Waals surface area (Å²) in [5.74, 6) is 0. The minimum Gasteiger partial charge on any atom is -0.362 e. The normalized spacial score (nSPS) is 12.8. The van der Waals surface area contributed by atoms with E-state index in [9.17, 15) is 0 Å². The Labute approximate surface area is 236 Å². The minimum atomic E-state index is -1.22. The van der Waals surface area contributed by atoms with Crippen LogP contribution >= 0.6 is 0 Å². The van der Waals surface area contributed by atoms with Gasteiger partial charge in [-0.25, -0.2) is 0 Å². The van der Waals surface area contributed by atoms with Crippen LogP contribution in [0.3, 0.4) is 0 Å². The Morgan fingerprint density at radius 2 is 0.897 bits per heavy atom. The summed E-state index contributed by atoms with van der Waals surface area (Å²) in [7, 11) is 2.12. The summed E-state index contributed by atoms with van der Waals surface area (Å²) in [5, 5.41) is 0. The molecule has 39 heavy (non-hydrogen) atoms. The van der Waals surface area contributed by atoms with Gasteiger partial charge >= 0.3 is 0 Å². The van der Waals surface area contributed by atoms with E-state index in [0.717, 1.165) is 6.67 Å². The third-order valence-corrected chi connectivity index (χ3v) is 7.93. The van der Waals surface area contributed by atoms with E-state index in [1.54, 1.807) is 0 Å². The Balaban J connectivity index is 0.000000215. The van der Waals surface area contributed by atoms with Crippen molar-refractivity contribution in [1.82, 2.24) is 9.80 Å². The zero-order valence-electron chi connectivity index (χ0n) is 23.8. The largest absolute Gasteiger partial charge is 0.362 e. The molecule has 0 aliphatic carbocycles. The highest BCUT2D eigenvalue weighted by atomic mass is 15.3. The fourth-order valence-corrected chi connectivity index (χ4v) is 5.95. The van der Waals surface area contributed by atoms with Crippen molar-refractivity contribution in [2.75, 3.05) is 20.3 Å². The molecule has 4 aromatic carbocycles. The topological polar surface area (TPSA) is 6.48 Å². The lowest BCUT2D eigenvalue weighted by Gasteiger charge is -2.44. The van der Waals surface area contributed by atoms with Crippen LogP contribution in [0.5, 0.6) is 0 Å². The van der Waals surface area contributed by atoms with Crippen molar-refractivity contribution in [3.63, 3.8) is 0 Å². The number of hydrogen-bond acceptors (Lipinski definition) is 2. The average Bonchev–Trinajstić information content (AvgIpc) is 3.43. The Hall–Kier alpha value is -3.72. The highest BCUT2D eigenvalue weighted by Gasteiger charge is 2.31. The molecule has 0 saturated carbocycles. The molecule has 0 saturated heterocycles. The van der Waals surface area contributed by atoms with Gasteiger partial charge in [-0.3, -0.25) is 0 Å². The van der Waals surface area contributed by atoms with Gasteiger partial charge in [0.1, 0.15) is 6.15 Å². The zero-order chi connectivity index (χ0) is 27.2. The Bertz CT molecular complexity index is 1060. The maximum atomic E-state index is 2.39. The van der Waals surface area contributed by atoms with Gasteiger partial charge in [0.05, 0.1) is 6.67 Å². The maximum absolute atomic E-state index is 2.39. The molecular weight excluding hydrogens is 471 g/mol. The maximum Gasteiger partial charge on any atom is 0.108 e. The molecule has 0 amide bonds. The van der Waals surface area contributed by atoms with Gasteiger partial charge in [-0.2, -0.15) is 21.9 Å².